The number of anilines is 1. The van der Waals surface area contributed by atoms with E-state index in [9.17, 15) is 18.3 Å². The van der Waals surface area contributed by atoms with Gasteiger partial charge in [-0.05, 0) is 18.1 Å². The highest BCUT2D eigenvalue weighted by molar-refractivity contribution is 7.94. The zero-order valence-electron chi connectivity index (χ0n) is 11.8. The topological polar surface area (TPSA) is 87.6 Å². The summed E-state index contributed by atoms with van der Waals surface area (Å²) in [5.41, 5.74) is 1.15. The molecule has 0 saturated heterocycles. The van der Waals surface area contributed by atoms with Gasteiger partial charge in [0.15, 0.2) is 4.21 Å². The first-order valence-electron chi connectivity index (χ1n) is 6.75. The minimum Gasteiger partial charge on any atom is -0.480 e. The van der Waals surface area contributed by atoms with Crippen LogP contribution in [0.15, 0.2) is 34.7 Å². The van der Waals surface area contributed by atoms with Gasteiger partial charge >= 0.3 is 5.97 Å². The fourth-order valence-electron chi connectivity index (χ4n) is 2.52. The molecular weight excluding hydrogens is 324 g/mol. The fourth-order valence-corrected chi connectivity index (χ4v) is 5.37. The Morgan fingerprint density at radius 3 is 2.82 bits per heavy atom. The van der Waals surface area contributed by atoms with E-state index in [2.05, 4.69) is 4.98 Å². The number of rotatable bonds is 4. The van der Waals surface area contributed by atoms with E-state index in [1.54, 1.807) is 24.3 Å². The molecule has 0 amide bonds. The van der Waals surface area contributed by atoms with Crippen LogP contribution in [-0.4, -0.2) is 30.5 Å². The van der Waals surface area contributed by atoms with Crippen LogP contribution in [0.4, 0.5) is 5.69 Å². The molecule has 0 radical (unpaired) electrons. The molecule has 0 spiro atoms. The number of nitrogens with zero attached hydrogens (tertiary/aromatic N) is 2. The van der Waals surface area contributed by atoms with Gasteiger partial charge in [0.05, 0.1) is 16.9 Å². The van der Waals surface area contributed by atoms with Gasteiger partial charge in [0.1, 0.15) is 6.04 Å². The van der Waals surface area contributed by atoms with Gasteiger partial charge in [0.25, 0.3) is 10.0 Å². The number of sulfonamides is 1. The normalized spacial score (nSPS) is 17.5. The molecule has 0 aliphatic carbocycles. The fraction of sp³-hybridized carbons (Fsp3) is 0.286. The molecule has 6 nitrogen and oxygen atoms in total. The van der Waals surface area contributed by atoms with E-state index in [0.29, 0.717) is 17.1 Å². The molecule has 1 atom stereocenters. The summed E-state index contributed by atoms with van der Waals surface area (Å²) in [5, 5.41) is 10.1. The molecule has 8 heteroatoms. The van der Waals surface area contributed by atoms with Gasteiger partial charge in [-0.2, -0.15) is 0 Å². The first kappa shape index (κ1) is 15.0. The van der Waals surface area contributed by atoms with E-state index in [4.69, 9.17) is 0 Å². The van der Waals surface area contributed by atoms with Crippen molar-refractivity contribution in [3.8, 4) is 0 Å². The highest BCUT2D eigenvalue weighted by Crippen LogP contribution is 2.37. The number of hydrogen-bond acceptors (Lipinski definition) is 5. The number of carbonyl (C=O) groups is 1. The van der Waals surface area contributed by atoms with Crippen LogP contribution in [-0.2, 0) is 27.7 Å². The van der Waals surface area contributed by atoms with Crippen LogP contribution in [0, 0.1) is 0 Å². The summed E-state index contributed by atoms with van der Waals surface area (Å²) >= 11 is 1.08. The van der Waals surface area contributed by atoms with E-state index in [1.807, 2.05) is 6.92 Å². The maximum Gasteiger partial charge on any atom is 0.327 e. The summed E-state index contributed by atoms with van der Waals surface area (Å²) in [4.78, 5) is 15.6. The molecule has 116 valence electrons. The Hall–Kier alpha value is -1.93. The molecule has 2 aromatic rings. The van der Waals surface area contributed by atoms with Crippen LogP contribution in [0.1, 0.15) is 17.5 Å². The molecule has 22 heavy (non-hydrogen) atoms. The summed E-state index contributed by atoms with van der Waals surface area (Å²) < 4.78 is 26.8. The van der Waals surface area contributed by atoms with E-state index < -0.39 is 22.0 Å². The van der Waals surface area contributed by atoms with Gasteiger partial charge in [-0.3, -0.25) is 4.31 Å². The lowest BCUT2D eigenvalue weighted by molar-refractivity contribution is -0.138. The third-order valence-corrected chi connectivity index (χ3v) is 6.96. The standard InChI is InChI=1S/C14H14N2O4S2/c1-2-12-15-8-13(21-12)22(19,20)16-10-6-4-3-5-9(10)7-11(16)14(17)18/h3-6,8,11H,2,7H2,1H3,(H,17,18). The Morgan fingerprint density at radius 1 is 1.45 bits per heavy atom. The lowest BCUT2D eigenvalue weighted by Crippen LogP contribution is -2.42. The van der Waals surface area contributed by atoms with Crippen molar-refractivity contribution in [3.05, 3.63) is 41.0 Å². The minimum atomic E-state index is -3.93. The largest absolute Gasteiger partial charge is 0.480 e. The van der Waals surface area contributed by atoms with Crippen molar-refractivity contribution in [3.63, 3.8) is 0 Å². The van der Waals surface area contributed by atoms with E-state index in [-0.39, 0.29) is 10.6 Å². The Morgan fingerprint density at radius 2 is 2.18 bits per heavy atom. The maximum absolute atomic E-state index is 12.9. The second-order valence-electron chi connectivity index (χ2n) is 4.91. The number of hydrogen-bond donors (Lipinski definition) is 1. The number of aliphatic carboxylic acids is 1. The summed E-state index contributed by atoms with van der Waals surface area (Å²) in [7, 11) is -3.93. The van der Waals surface area contributed by atoms with Crippen LogP contribution >= 0.6 is 11.3 Å². The van der Waals surface area contributed by atoms with E-state index >= 15 is 0 Å². The lowest BCUT2D eigenvalue weighted by Gasteiger charge is -2.23. The number of carboxylic acid groups (broad SMARTS) is 1. The van der Waals surface area contributed by atoms with Crippen molar-refractivity contribution >= 4 is 33.0 Å². The van der Waals surface area contributed by atoms with Crippen molar-refractivity contribution in [2.45, 2.75) is 30.0 Å². The monoisotopic (exact) mass is 338 g/mol. The van der Waals surface area contributed by atoms with Crippen molar-refractivity contribution in [1.82, 2.24) is 4.98 Å². The second kappa shape index (κ2) is 5.36. The third kappa shape index (κ3) is 2.28. The molecule has 1 aliphatic heterocycles. The second-order valence-corrected chi connectivity index (χ2v) is 8.07. The van der Waals surface area contributed by atoms with Crippen molar-refractivity contribution in [2.75, 3.05) is 4.31 Å². The SMILES string of the molecule is CCc1ncc(S(=O)(=O)N2c3ccccc3CC2C(=O)O)s1. The molecular formula is C14H14N2O4S2. The summed E-state index contributed by atoms with van der Waals surface area (Å²) in [6.07, 6.45) is 2.11. The molecule has 0 fully saturated rings. The smallest absolute Gasteiger partial charge is 0.327 e. The highest BCUT2D eigenvalue weighted by Gasteiger charge is 2.42. The summed E-state index contributed by atoms with van der Waals surface area (Å²) in [6, 6.07) is 5.75. The zero-order valence-corrected chi connectivity index (χ0v) is 13.4. The number of carboxylic acids is 1. The third-order valence-electron chi connectivity index (χ3n) is 3.56. The Labute approximate surface area is 132 Å². The number of aromatic nitrogens is 1. The Kier molecular flexibility index (Phi) is 3.65. The number of fused-ring (bicyclic) bond motifs is 1. The molecule has 0 bridgehead atoms. The van der Waals surface area contributed by atoms with Gasteiger partial charge < -0.3 is 5.11 Å². The van der Waals surface area contributed by atoms with Crippen molar-refractivity contribution in [2.24, 2.45) is 0 Å². The van der Waals surface area contributed by atoms with Gasteiger partial charge in [0.2, 0.25) is 0 Å². The van der Waals surface area contributed by atoms with Crippen LogP contribution < -0.4 is 4.31 Å². The Balaban J connectivity index is 2.12. The number of thiazole rings is 1. The molecule has 1 aromatic heterocycles. The van der Waals surface area contributed by atoms with Gasteiger partial charge in [-0.15, -0.1) is 11.3 Å². The first-order valence-corrected chi connectivity index (χ1v) is 9.00. The molecule has 3 rings (SSSR count). The number of benzene rings is 1. The van der Waals surface area contributed by atoms with Crippen molar-refractivity contribution in [1.29, 1.82) is 0 Å². The highest BCUT2D eigenvalue weighted by atomic mass is 32.2. The van der Waals surface area contributed by atoms with Crippen LogP contribution in [0.3, 0.4) is 0 Å². The summed E-state index contributed by atoms with van der Waals surface area (Å²) in [5.74, 6) is -1.15. The first-order chi connectivity index (χ1) is 10.4. The quantitative estimate of drug-likeness (QED) is 0.920. The Bertz CT molecular complexity index is 829. The molecule has 1 N–H and O–H groups in total. The predicted molar refractivity (Wildman–Crippen MR) is 82.7 cm³/mol. The van der Waals surface area contributed by atoms with Crippen LogP contribution in [0.2, 0.25) is 0 Å². The summed E-state index contributed by atoms with van der Waals surface area (Å²) in [6.45, 7) is 1.89. The average molecular weight is 338 g/mol. The maximum atomic E-state index is 12.9. The van der Waals surface area contributed by atoms with Gasteiger partial charge in [0, 0.05) is 6.42 Å². The lowest BCUT2D eigenvalue weighted by atomic mass is 10.1. The molecule has 1 aliphatic rings. The average Bonchev–Trinajstić information content (AvgIpc) is 3.12. The van der Waals surface area contributed by atoms with Crippen molar-refractivity contribution < 1.29 is 18.3 Å². The van der Waals surface area contributed by atoms with E-state index in [0.717, 1.165) is 21.2 Å². The molecule has 1 aromatic carbocycles. The zero-order chi connectivity index (χ0) is 15.9. The number of para-hydroxylation sites is 1. The van der Waals surface area contributed by atoms with Gasteiger partial charge in [-0.1, -0.05) is 25.1 Å². The van der Waals surface area contributed by atoms with Crippen LogP contribution in [0.25, 0.3) is 0 Å². The number of aryl methyl sites for hydroxylation is 1. The van der Waals surface area contributed by atoms with Crippen LogP contribution in [0.5, 0.6) is 0 Å². The molecule has 2 heterocycles. The molecule has 1 unspecified atom stereocenters. The molecule has 0 saturated carbocycles. The van der Waals surface area contributed by atoms with Gasteiger partial charge in [-0.25, -0.2) is 18.2 Å². The minimum absolute atomic E-state index is 0.0762. The van der Waals surface area contributed by atoms with E-state index in [1.165, 1.54) is 6.20 Å². The predicted octanol–water partition coefficient (Wildman–Crippen LogP) is 1.91.